The number of nitrogens with two attached hydrogens (primary N) is 1. The summed E-state index contributed by atoms with van der Waals surface area (Å²) in [5.41, 5.74) is 6.48. The Hall–Kier alpha value is -2.15. The van der Waals surface area contributed by atoms with Crippen LogP contribution in [0.2, 0.25) is 5.15 Å². The van der Waals surface area contributed by atoms with Crippen LogP contribution in [0.5, 0.6) is 0 Å². The molecule has 0 amide bonds. The number of methoxy groups -OCH3 is 1. The molecule has 0 fully saturated rings. The first-order valence-corrected chi connectivity index (χ1v) is 5.31. The molecule has 0 atom stereocenters. The van der Waals surface area contributed by atoms with Crippen LogP contribution in [0.3, 0.4) is 0 Å². The van der Waals surface area contributed by atoms with E-state index >= 15 is 0 Å². The van der Waals surface area contributed by atoms with Gasteiger partial charge in [-0.05, 0) is 0 Å². The summed E-state index contributed by atoms with van der Waals surface area (Å²) in [5.74, 6) is -0.646. The van der Waals surface area contributed by atoms with E-state index in [1.54, 1.807) is 13.2 Å². The van der Waals surface area contributed by atoms with Crippen molar-refractivity contribution < 1.29 is 9.53 Å². The highest BCUT2D eigenvalue weighted by Crippen LogP contribution is 2.25. The van der Waals surface area contributed by atoms with Crippen LogP contribution in [-0.4, -0.2) is 32.8 Å². The van der Waals surface area contributed by atoms with Crippen molar-refractivity contribution in [2.45, 2.75) is 0 Å². The molecule has 0 aliphatic rings. The van der Waals surface area contributed by atoms with Gasteiger partial charge < -0.3 is 10.5 Å². The summed E-state index contributed by atoms with van der Waals surface area (Å²) >= 11 is 5.94. The van der Waals surface area contributed by atoms with Gasteiger partial charge in [0.15, 0.2) is 16.7 Å². The van der Waals surface area contributed by atoms with E-state index in [2.05, 4.69) is 19.8 Å². The van der Waals surface area contributed by atoms with Crippen LogP contribution in [0.1, 0.15) is 10.5 Å². The number of nitrogen functional groups attached to an aromatic ring is 1. The number of carbonyl (C=O) groups excluding carboxylic acids is 1. The van der Waals surface area contributed by atoms with E-state index in [1.807, 2.05) is 0 Å². The van der Waals surface area contributed by atoms with Gasteiger partial charge in [0.1, 0.15) is 0 Å². The number of hydrogen-bond acceptors (Lipinski definition) is 6. The molecule has 8 heteroatoms. The van der Waals surface area contributed by atoms with E-state index in [4.69, 9.17) is 17.3 Å². The molecule has 0 saturated heterocycles. The maximum atomic E-state index is 11.4. The lowest BCUT2D eigenvalue weighted by molar-refractivity contribution is 0.0595. The first-order chi connectivity index (χ1) is 8.52. The maximum Gasteiger partial charge on any atom is 0.360 e. The van der Waals surface area contributed by atoms with Gasteiger partial charge in [-0.2, -0.15) is 5.10 Å². The number of aryl methyl sites for hydroxylation is 1. The van der Waals surface area contributed by atoms with Crippen LogP contribution in [-0.2, 0) is 11.8 Å². The topological polar surface area (TPSA) is 95.9 Å². The number of halogens is 1. The second-order valence-electron chi connectivity index (χ2n) is 3.49. The van der Waals surface area contributed by atoms with Crippen LogP contribution < -0.4 is 5.73 Å². The van der Waals surface area contributed by atoms with E-state index in [-0.39, 0.29) is 16.7 Å². The summed E-state index contributed by atoms with van der Waals surface area (Å²) in [6.45, 7) is 0. The van der Waals surface area contributed by atoms with Crippen LogP contribution >= 0.6 is 11.6 Å². The van der Waals surface area contributed by atoms with Crippen molar-refractivity contribution in [3.8, 4) is 11.3 Å². The fourth-order valence-electron chi connectivity index (χ4n) is 1.41. The predicted molar refractivity (Wildman–Crippen MR) is 65.0 cm³/mol. The van der Waals surface area contributed by atoms with Crippen LogP contribution in [0.15, 0.2) is 12.4 Å². The molecular weight excluding hydrogens is 258 g/mol. The number of rotatable bonds is 2. The van der Waals surface area contributed by atoms with Gasteiger partial charge in [0.25, 0.3) is 0 Å². The third-order valence-corrected chi connectivity index (χ3v) is 2.52. The standard InChI is InChI=1S/C10H10ClN5O2/c1-16-4-5(8(11)15-16)6-3-13-9(12)7(14-6)10(17)18-2/h3-4H,1-2H3,(H2,12,13). The first kappa shape index (κ1) is 12.3. The Morgan fingerprint density at radius 3 is 2.83 bits per heavy atom. The van der Waals surface area contributed by atoms with E-state index in [9.17, 15) is 4.79 Å². The Morgan fingerprint density at radius 1 is 1.56 bits per heavy atom. The summed E-state index contributed by atoms with van der Waals surface area (Å²) in [6.07, 6.45) is 3.09. The highest BCUT2D eigenvalue weighted by molar-refractivity contribution is 6.32. The van der Waals surface area contributed by atoms with Gasteiger partial charge in [-0.25, -0.2) is 14.8 Å². The zero-order chi connectivity index (χ0) is 13.3. The molecular formula is C10H10ClN5O2. The van der Waals surface area contributed by atoms with Gasteiger partial charge >= 0.3 is 5.97 Å². The summed E-state index contributed by atoms with van der Waals surface area (Å²) in [7, 11) is 2.97. The minimum absolute atomic E-state index is 0.00520. The average molecular weight is 268 g/mol. The molecule has 7 nitrogen and oxygen atoms in total. The van der Waals surface area contributed by atoms with Gasteiger partial charge in [0.05, 0.1) is 24.6 Å². The molecule has 0 bridgehead atoms. The Kier molecular flexibility index (Phi) is 3.15. The monoisotopic (exact) mass is 267 g/mol. The van der Waals surface area contributed by atoms with Crippen molar-refractivity contribution in [2.24, 2.45) is 7.05 Å². The Bertz CT molecular complexity index is 610. The Labute approximate surface area is 108 Å². The van der Waals surface area contributed by atoms with Gasteiger partial charge in [-0.3, -0.25) is 4.68 Å². The average Bonchev–Trinajstić information content (AvgIpc) is 2.68. The number of hydrogen-bond donors (Lipinski definition) is 1. The molecule has 0 aromatic carbocycles. The molecule has 0 spiro atoms. The third-order valence-electron chi connectivity index (χ3n) is 2.24. The zero-order valence-electron chi connectivity index (χ0n) is 9.72. The summed E-state index contributed by atoms with van der Waals surface area (Å²) in [5, 5.41) is 4.24. The maximum absolute atomic E-state index is 11.4. The fraction of sp³-hybridized carbons (Fsp3) is 0.200. The Balaban J connectivity index is 2.53. The van der Waals surface area contributed by atoms with Gasteiger partial charge in [0, 0.05) is 13.2 Å². The van der Waals surface area contributed by atoms with Crippen molar-refractivity contribution in [1.82, 2.24) is 19.7 Å². The second kappa shape index (κ2) is 4.61. The molecule has 2 N–H and O–H groups in total. The van der Waals surface area contributed by atoms with E-state index in [0.29, 0.717) is 11.3 Å². The quantitative estimate of drug-likeness (QED) is 0.812. The normalized spacial score (nSPS) is 10.4. The molecule has 2 aromatic heterocycles. The van der Waals surface area contributed by atoms with E-state index in [0.717, 1.165) is 0 Å². The fourth-order valence-corrected chi connectivity index (χ4v) is 1.67. The van der Waals surface area contributed by atoms with Crippen LogP contribution in [0.25, 0.3) is 11.3 Å². The number of aromatic nitrogens is 4. The number of carbonyl (C=O) groups is 1. The summed E-state index contributed by atoms with van der Waals surface area (Å²) in [6, 6.07) is 0. The van der Waals surface area contributed by atoms with Crippen molar-refractivity contribution >= 4 is 23.4 Å². The molecule has 2 rings (SSSR count). The van der Waals surface area contributed by atoms with Crippen molar-refractivity contribution in [3.05, 3.63) is 23.2 Å². The van der Waals surface area contributed by atoms with Crippen LogP contribution in [0.4, 0.5) is 5.82 Å². The largest absolute Gasteiger partial charge is 0.464 e. The predicted octanol–water partition coefficient (Wildman–Crippen LogP) is 0.899. The van der Waals surface area contributed by atoms with Crippen molar-refractivity contribution in [1.29, 1.82) is 0 Å². The molecule has 0 radical (unpaired) electrons. The van der Waals surface area contributed by atoms with Gasteiger partial charge in [-0.1, -0.05) is 11.6 Å². The van der Waals surface area contributed by atoms with E-state index in [1.165, 1.54) is 18.0 Å². The number of ether oxygens (including phenoxy) is 1. The van der Waals surface area contributed by atoms with Gasteiger partial charge in [0.2, 0.25) is 0 Å². The lowest BCUT2D eigenvalue weighted by Gasteiger charge is -2.04. The molecule has 0 saturated carbocycles. The lowest BCUT2D eigenvalue weighted by atomic mass is 10.2. The first-order valence-electron chi connectivity index (χ1n) is 4.93. The SMILES string of the molecule is COC(=O)c1nc(-c2cn(C)nc2Cl)cnc1N. The zero-order valence-corrected chi connectivity index (χ0v) is 10.5. The molecule has 2 heterocycles. The molecule has 0 aliphatic heterocycles. The minimum Gasteiger partial charge on any atom is -0.464 e. The Morgan fingerprint density at radius 2 is 2.28 bits per heavy atom. The minimum atomic E-state index is -0.651. The smallest absolute Gasteiger partial charge is 0.360 e. The van der Waals surface area contributed by atoms with Crippen LogP contribution in [0, 0.1) is 0 Å². The highest BCUT2D eigenvalue weighted by atomic mass is 35.5. The molecule has 2 aromatic rings. The molecule has 0 unspecified atom stereocenters. The highest BCUT2D eigenvalue weighted by Gasteiger charge is 2.17. The van der Waals surface area contributed by atoms with Crippen molar-refractivity contribution in [3.63, 3.8) is 0 Å². The van der Waals surface area contributed by atoms with E-state index < -0.39 is 5.97 Å². The number of anilines is 1. The molecule has 18 heavy (non-hydrogen) atoms. The number of nitrogens with zero attached hydrogens (tertiary/aromatic N) is 4. The molecule has 0 aliphatic carbocycles. The summed E-state index contributed by atoms with van der Waals surface area (Å²) < 4.78 is 6.10. The second-order valence-corrected chi connectivity index (χ2v) is 3.85. The van der Waals surface area contributed by atoms with Gasteiger partial charge in [-0.15, -0.1) is 0 Å². The lowest BCUT2D eigenvalue weighted by Crippen LogP contribution is -2.10. The summed E-state index contributed by atoms with van der Waals surface area (Å²) in [4.78, 5) is 19.4. The molecule has 94 valence electrons. The third kappa shape index (κ3) is 2.12. The number of esters is 1. The van der Waals surface area contributed by atoms with Crippen molar-refractivity contribution in [2.75, 3.05) is 12.8 Å².